The van der Waals surface area contributed by atoms with Gasteiger partial charge in [-0.1, -0.05) is 60.7 Å². The number of ether oxygens (including phenoxy) is 2. The molecule has 5 aliphatic rings. The summed E-state index contributed by atoms with van der Waals surface area (Å²) >= 11 is 0. The Balaban J connectivity index is 1.05. The lowest BCUT2D eigenvalue weighted by Crippen LogP contribution is -2.62. The SMILES string of the molecule is CCOC(=O)COC(=O)C1=NC(c2ccccc2)(c2ccccc2)C23c4c5c6c7c8c9c(c%10c%11c2c2c4c4c%12c5c5c6c6c8c8c%13c9c9c%10c%10c%11c%11c2c2c4c4c%12c%12c5c5c6c8c6c8c%13c9c9c%10c%10c%11c2c2c4c4c%12c5c6c5c8c9c%10c2c45)C173. The molecule has 0 radical (unpaired) electrons. The molecule has 5 heteroatoms. The van der Waals surface area contributed by atoms with Crippen LogP contribution in [0.15, 0.2) is 65.7 Å². The minimum Gasteiger partial charge on any atom is -0.463 e. The van der Waals surface area contributed by atoms with Crippen molar-refractivity contribution in [2.45, 2.75) is 23.3 Å². The Morgan fingerprint density at radius 1 is 0.310 bits per heavy atom. The average Bonchev–Trinajstić information content (AvgIpc) is 1.38. The van der Waals surface area contributed by atoms with E-state index < -0.39 is 34.9 Å². The highest BCUT2D eigenvalue weighted by Crippen LogP contribution is 2.88. The summed E-state index contributed by atoms with van der Waals surface area (Å²) in [6, 6.07) is 22.5. The molecule has 0 bridgehead atoms. The number of carbonyl (C=O) groups is 2. The van der Waals surface area contributed by atoms with Gasteiger partial charge in [0.15, 0.2) is 6.61 Å². The van der Waals surface area contributed by atoms with Crippen LogP contribution in [0.25, 0.3) is 291 Å². The maximum atomic E-state index is 17.1. The van der Waals surface area contributed by atoms with Crippen molar-refractivity contribution in [1.82, 2.24) is 0 Å². The van der Waals surface area contributed by atoms with Gasteiger partial charge in [-0.3, -0.25) is 4.99 Å². The van der Waals surface area contributed by atoms with E-state index in [0.29, 0.717) is 5.71 Å². The van der Waals surface area contributed by atoms with Crippen molar-refractivity contribution in [1.29, 1.82) is 0 Å². The quantitative estimate of drug-likeness (QED) is 0.123. The van der Waals surface area contributed by atoms with E-state index in [4.69, 9.17) is 14.5 Å². The second kappa shape index (κ2) is 8.29. The Hall–Kier alpha value is -10.5. The van der Waals surface area contributed by atoms with Crippen LogP contribution >= 0.6 is 0 Å². The maximum absolute atomic E-state index is 17.1. The van der Waals surface area contributed by atoms with Crippen LogP contribution in [0.3, 0.4) is 0 Å². The van der Waals surface area contributed by atoms with Crippen LogP contribution in [-0.2, 0) is 35.4 Å². The van der Waals surface area contributed by atoms with Gasteiger partial charge < -0.3 is 9.47 Å². The average molecular weight is 1040 g/mol. The van der Waals surface area contributed by atoms with Gasteiger partial charge in [0.25, 0.3) is 0 Å². The van der Waals surface area contributed by atoms with Gasteiger partial charge in [0, 0.05) is 0 Å². The molecule has 4 aliphatic carbocycles. The third kappa shape index (κ3) is 1.99. The van der Waals surface area contributed by atoms with Crippen LogP contribution in [0.2, 0.25) is 0 Å². The number of rotatable bonds is 6. The molecule has 362 valence electrons. The standard InChI is InChI=1S/C79H17NO4/c1-2-83-16(81)13-84-76(82)75-77-71-63-55-45-35-27-19-17-18-21-25-23(19)31-39-33(25)43-37-29(21)30-22(18)26-24-20(17)28(27)36-42-32(24)40-34(26)44-38(30)48-47(37)59-53(43)61-51(39)57(49(55)41(31)35)65(71)67(61)73-69(59)70-60(48)54(44)62-52(40)58-50(42)56(46(36)45)64(63)72(77)66(58)68(62)74(70)78(73,77)79(80-75,14-9-5-3-6-10-14)15-11-7-4-8-12-15/h3-12H,2,13H2,1H3. The highest BCUT2D eigenvalue weighted by atomic mass is 16.6. The number of esters is 2. The van der Waals surface area contributed by atoms with Crippen molar-refractivity contribution in [2.75, 3.05) is 13.2 Å². The fraction of sp³-hybridized carbons (Fsp3) is 0.0759. The Morgan fingerprint density at radius 2 is 0.536 bits per heavy atom. The van der Waals surface area contributed by atoms with E-state index in [-0.39, 0.29) is 6.61 Å². The van der Waals surface area contributed by atoms with E-state index in [1.54, 1.807) is 64.6 Å². The summed E-state index contributed by atoms with van der Waals surface area (Å²) in [6.45, 7) is 1.52. The van der Waals surface area contributed by atoms with E-state index in [1.807, 2.05) is 6.92 Å². The normalized spacial score (nSPS) is 21.1. The first kappa shape index (κ1) is 34.1. The zero-order chi connectivity index (χ0) is 51.5. The third-order valence-corrected chi connectivity index (χ3v) is 27.7. The van der Waals surface area contributed by atoms with Crippen molar-refractivity contribution in [3.05, 3.63) is 94.0 Å². The van der Waals surface area contributed by atoms with Crippen LogP contribution in [-0.4, -0.2) is 30.9 Å². The van der Waals surface area contributed by atoms with Crippen LogP contribution in [0.5, 0.6) is 0 Å². The molecule has 84 heavy (non-hydrogen) atoms. The van der Waals surface area contributed by atoms with Gasteiger partial charge in [0.05, 0.1) is 17.4 Å². The van der Waals surface area contributed by atoms with Gasteiger partial charge in [-0.15, -0.1) is 0 Å². The molecule has 0 saturated heterocycles. The lowest BCUT2D eigenvalue weighted by molar-refractivity contribution is -0.155. The van der Waals surface area contributed by atoms with Crippen molar-refractivity contribution < 1.29 is 19.1 Å². The Kier molecular flexibility index (Phi) is 3.36. The van der Waals surface area contributed by atoms with Crippen molar-refractivity contribution in [3.63, 3.8) is 0 Å². The Bertz CT molecular complexity index is 7970. The summed E-state index contributed by atoms with van der Waals surface area (Å²) in [5.74, 6) is -1.07. The van der Waals surface area contributed by atoms with E-state index in [1.165, 1.54) is 248 Å². The highest BCUT2D eigenvalue weighted by molar-refractivity contribution is 6.82. The summed E-state index contributed by atoms with van der Waals surface area (Å²) in [6.07, 6.45) is 0. The molecule has 5 nitrogen and oxygen atoms in total. The Labute approximate surface area is 460 Å². The number of benzene rings is 20. The number of carbonyl (C=O) groups excluding carboxylic acids is 2. The monoisotopic (exact) mass is 1040 g/mol. The number of nitrogens with zero attached hydrogens (tertiary/aromatic N) is 1. The predicted octanol–water partition coefficient (Wildman–Crippen LogP) is 18.8. The topological polar surface area (TPSA) is 65.0 Å². The minimum absolute atomic E-state index is 0.196. The summed E-state index contributed by atoms with van der Waals surface area (Å²) < 4.78 is 12.3. The van der Waals surface area contributed by atoms with Crippen molar-refractivity contribution in [3.8, 4) is 0 Å². The molecule has 0 saturated carbocycles. The smallest absolute Gasteiger partial charge is 0.354 e. The molecule has 0 atom stereocenters. The lowest BCUT2D eigenvalue weighted by Gasteiger charge is -2.56. The zero-order valence-corrected chi connectivity index (χ0v) is 43.3. The summed E-state index contributed by atoms with van der Waals surface area (Å²) in [4.78, 5) is 37.5. The van der Waals surface area contributed by atoms with Gasteiger partial charge in [-0.2, -0.15) is 0 Å². The van der Waals surface area contributed by atoms with Gasteiger partial charge in [0.1, 0.15) is 11.3 Å². The van der Waals surface area contributed by atoms with Crippen LogP contribution < -0.4 is 0 Å². The number of hydrogen-bond donors (Lipinski definition) is 0. The van der Waals surface area contributed by atoms with Crippen molar-refractivity contribution in [2.24, 2.45) is 4.99 Å². The van der Waals surface area contributed by atoms with Gasteiger partial charge in [0.2, 0.25) is 0 Å². The first-order valence-corrected chi connectivity index (χ1v) is 30.5. The van der Waals surface area contributed by atoms with Crippen LogP contribution in [0, 0.1) is 0 Å². The largest absolute Gasteiger partial charge is 0.463 e. The van der Waals surface area contributed by atoms with E-state index >= 15 is 4.79 Å². The number of aliphatic imine (C=N–C) groups is 1. The summed E-state index contributed by atoms with van der Waals surface area (Å²) in [5.41, 5.74) is 4.44. The molecule has 0 aromatic heterocycles. The molecule has 1 heterocycles. The third-order valence-electron chi connectivity index (χ3n) is 27.7. The first-order chi connectivity index (χ1) is 41.7. The number of hydrogen-bond acceptors (Lipinski definition) is 5. The maximum Gasteiger partial charge on any atom is 0.354 e. The molecular weight excluding hydrogens is 1030 g/mol. The van der Waals surface area contributed by atoms with Gasteiger partial charge in [-0.05, 0) is 331 Å². The van der Waals surface area contributed by atoms with E-state index in [0.717, 1.165) is 11.1 Å². The zero-order valence-electron chi connectivity index (χ0n) is 43.3. The van der Waals surface area contributed by atoms with Crippen molar-refractivity contribution >= 4 is 309 Å². The molecular formula is C79H17NO4. The minimum atomic E-state index is -1.23. The molecule has 35 rings (SSSR count). The molecule has 1 aliphatic heterocycles. The Morgan fingerprint density at radius 3 is 0.774 bits per heavy atom. The lowest BCUT2D eigenvalue weighted by atomic mass is 9.41. The van der Waals surface area contributed by atoms with Crippen LogP contribution in [0.1, 0.15) is 40.3 Å². The molecule has 30 aromatic rings. The fourth-order valence-electron chi connectivity index (χ4n) is 27.3. The van der Waals surface area contributed by atoms with Gasteiger partial charge in [-0.25, -0.2) is 9.59 Å². The van der Waals surface area contributed by atoms with E-state index in [2.05, 4.69) is 60.7 Å². The molecule has 0 unspecified atom stereocenters. The summed E-state index contributed by atoms with van der Waals surface area (Å²) in [7, 11) is 0. The highest BCUT2D eigenvalue weighted by Gasteiger charge is 2.82. The summed E-state index contributed by atoms with van der Waals surface area (Å²) in [5, 5.41) is 80.5. The van der Waals surface area contributed by atoms with E-state index in [9.17, 15) is 4.79 Å². The molecule has 2 spiro atoms. The molecule has 30 aromatic carbocycles. The van der Waals surface area contributed by atoms with Gasteiger partial charge >= 0.3 is 11.9 Å². The van der Waals surface area contributed by atoms with Crippen LogP contribution in [0.4, 0.5) is 0 Å². The molecule has 0 amide bonds. The fourth-order valence-corrected chi connectivity index (χ4v) is 27.3. The molecule has 0 fully saturated rings. The second-order valence-corrected chi connectivity index (χ2v) is 28.5. The molecule has 0 N–H and O–H groups in total. The first-order valence-electron chi connectivity index (χ1n) is 30.5. The predicted molar refractivity (Wildman–Crippen MR) is 343 cm³/mol. The second-order valence-electron chi connectivity index (χ2n) is 28.5.